The van der Waals surface area contributed by atoms with Crippen molar-refractivity contribution in [3.05, 3.63) is 47.3 Å². The van der Waals surface area contributed by atoms with Gasteiger partial charge in [0, 0.05) is 50.5 Å². The minimum absolute atomic E-state index is 0.249. The van der Waals surface area contributed by atoms with Gasteiger partial charge in [-0.25, -0.2) is 0 Å². The highest BCUT2D eigenvalue weighted by Gasteiger charge is 2.40. The van der Waals surface area contributed by atoms with Crippen molar-refractivity contribution in [1.82, 2.24) is 20.0 Å². The molecule has 2 heterocycles. The van der Waals surface area contributed by atoms with Crippen molar-refractivity contribution in [2.45, 2.75) is 52.4 Å². The Balaban J connectivity index is 1.51. The molecule has 1 aliphatic rings. The number of anilines is 1. The number of halogens is 3. The fourth-order valence-electron chi connectivity index (χ4n) is 4.01. The van der Waals surface area contributed by atoms with Crippen molar-refractivity contribution in [2.24, 2.45) is 0 Å². The predicted octanol–water partition coefficient (Wildman–Crippen LogP) is 4.12. The summed E-state index contributed by atoms with van der Waals surface area (Å²) < 4.78 is 41.4. The molecule has 6 nitrogen and oxygen atoms in total. The van der Waals surface area contributed by atoms with E-state index >= 15 is 0 Å². The second-order valence-corrected chi connectivity index (χ2v) is 8.77. The minimum atomic E-state index is -4.65. The number of hydrogen-bond acceptors (Lipinski definition) is 4. The first kappa shape index (κ1) is 24.1. The Hall–Kier alpha value is -2.55. The highest BCUT2D eigenvalue weighted by atomic mass is 19.4. The average molecular weight is 452 g/mol. The number of alkyl halides is 3. The lowest BCUT2D eigenvalue weighted by molar-refractivity contribution is -0.145. The van der Waals surface area contributed by atoms with Crippen LogP contribution in [-0.2, 0) is 6.18 Å². The Morgan fingerprint density at radius 3 is 2.44 bits per heavy atom. The van der Waals surface area contributed by atoms with Crippen molar-refractivity contribution in [2.75, 3.05) is 37.6 Å². The van der Waals surface area contributed by atoms with E-state index < -0.39 is 29.4 Å². The summed E-state index contributed by atoms with van der Waals surface area (Å²) in [5.41, 5.74) is 1.05. The Morgan fingerprint density at radius 2 is 1.84 bits per heavy atom. The van der Waals surface area contributed by atoms with Crippen molar-refractivity contribution in [3.8, 4) is 0 Å². The summed E-state index contributed by atoms with van der Waals surface area (Å²) in [6, 6.07) is 7.71. The lowest BCUT2D eigenvalue weighted by atomic mass is 10.1. The first-order chi connectivity index (χ1) is 15.1. The molecule has 1 saturated heterocycles. The number of nitrogens with zero attached hydrogens (tertiary/aromatic N) is 4. The highest BCUT2D eigenvalue weighted by molar-refractivity contribution is 5.95. The van der Waals surface area contributed by atoms with Gasteiger partial charge in [-0.05, 0) is 51.8 Å². The first-order valence-corrected chi connectivity index (χ1v) is 11.1. The van der Waals surface area contributed by atoms with Gasteiger partial charge < -0.3 is 10.2 Å². The van der Waals surface area contributed by atoms with Gasteiger partial charge in [0.15, 0.2) is 5.69 Å². The van der Waals surface area contributed by atoms with Crippen molar-refractivity contribution in [1.29, 1.82) is 0 Å². The van der Waals surface area contributed by atoms with Crippen LogP contribution < -0.4 is 10.2 Å². The van der Waals surface area contributed by atoms with Gasteiger partial charge in [-0.15, -0.1) is 0 Å². The van der Waals surface area contributed by atoms with Crippen LogP contribution in [0.5, 0.6) is 0 Å². The van der Waals surface area contributed by atoms with Gasteiger partial charge in [0.1, 0.15) is 0 Å². The van der Waals surface area contributed by atoms with E-state index in [2.05, 4.69) is 51.4 Å². The number of carbonyl (C=O) groups is 1. The van der Waals surface area contributed by atoms with E-state index in [0.717, 1.165) is 43.6 Å². The molecule has 0 aliphatic carbocycles. The molecule has 0 bridgehead atoms. The SMILES string of the molecule is Cc1cccc(N2CCN(CCC(C)NC(=O)c3cnn(C(C)C)c3C(F)(F)F)CC2)c1. The molecule has 1 unspecified atom stereocenters. The van der Waals surface area contributed by atoms with Crippen LogP contribution >= 0.6 is 0 Å². The van der Waals surface area contributed by atoms with E-state index in [1.54, 1.807) is 13.8 Å². The molecule has 32 heavy (non-hydrogen) atoms. The summed E-state index contributed by atoms with van der Waals surface area (Å²) in [4.78, 5) is 17.2. The number of nitrogens with one attached hydrogen (secondary N) is 1. The number of benzene rings is 1. The number of piperazine rings is 1. The van der Waals surface area contributed by atoms with E-state index in [0.29, 0.717) is 6.42 Å². The van der Waals surface area contributed by atoms with E-state index in [9.17, 15) is 18.0 Å². The number of amides is 1. The summed E-state index contributed by atoms with van der Waals surface area (Å²) >= 11 is 0. The summed E-state index contributed by atoms with van der Waals surface area (Å²) in [6.07, 6.45) is -2.97. The molecule has 176 valence electrons. The van der Waals surface area contributed by atoms with Crippen molar-refractivity contribution >= 4 is 11.6 Å². The van der Waals surface area contributed by atoms with Crippen LogP contribution in [0.25, 0.3) is 0 Å². The fourth-order valence-corrected chi connectivity index (χ4v) is 4.01. The highest BCUT2D eigenvalue weighted by Crippen LogP contribution is 2.33. The lowest BCUT2D eigenvalue weighted by Gasteiger charge is -2.36. The molecule has 3 rings (SSSR count). The van der Waals surface area contributed by atoms with Crippen LogP contribution in [0.4, 0.5) is 18.9 Å². The second kappa shape index (κ2) is 9.94. The van der Waals surface area contributed by atoms with Gasteiger partial charge in [-0.2, -0.15) is 18.3 Å². The molecular weight excluding hydrogens is 419 g/mol. The summed E-state index contributed by atoms with van der Waals surface area (Å²) in [6.45, 7) is 11.6. The zero-order valence-electron chi connectivity index (χ0n) is 19.1. The van der Waals surface area contributed by atoms with Gasteiger partial charge in [0.2, 0.25) is 0 Å². The van der Waals surface area contributed by atoms with Crippen LogP contribution in [0.1, 0.15) is 54.8 Å². The van der Waals surface area contributed by atoms with Crippen molar-refractivity contribution in [3.63, 3.8) is 0 Å². The molecule has 9 heteroatoms. The normalized spacial score (nSPS) is 16.4. The van der Waals surface area contributed by atoms with Crippen LogP contribution in [0.3, 0.4) is 0 Å². The average Bonchev–Trinajstić information content (AvgIpc) is 3.19. The van der Waals surface area contributed by atoms with Gasteiger partial charge in [-0.1, -0.05) is 12.1 Å². The summed E-state index contributed by atoms with van der Waals surface area (Å²) in [5, 5.41) is 6.50. The molecule has 2 aromatic rings. The number of aromatic nitrogens is 2. The Kier molecular flexibility index (Phi) is 7.48. The predicted molar refractivity (Wildman–Crippen MR) is 119 cm³/mol. The molecule has 1 atom stereocenters. The zero-order valence-corrected chi connectivity index (χ0v) is 19.1. The Bertz CT molecular complexity index is 917. The maximum Gasteiger partial charge on any atom is 0.433 e. The molecule has 1 aromatic carbocycles. The Morgan fingerprint density at radius 1 is 1.16 bits per heavy atom. The quantitative estimate of drug-likeness (QED) is 0.688. The molecule has 1 aromatic heterocycles. The monoisotopic (exact) mass is 451 g/mol. The number of rotatable bonds is 7. The molecule has 1 amide bonds. The molecule has 0 radical (unpaired) electrons. The summed E-state index contributed by atoms with van der Waals surface area (Å²) in [5.74, 6) is -0.735. The molecule has 1 N–H and O–H groups in total. The zero-order chi connectivity index (χ0) is 23.5. The second-order valence-electron chi connectivity index (χ2n) is 8.77. The van der Waals surface area contributed by atoms with Crippen LogP contribution in [0.2, 0.25) is 0 Å². The molecule has 1 fully saturated rings. The maximum atomic E-state index is 13.5. The number of carbonyl (C=O) groups excluding carboxylic acids is 1. The smallest absolute Gasteiger partial charge is 0.369 e. The molecule has 1 aliphatic heterocycles. The fraction of sp³-hybridized carbons (Fsp3) is 0.565. The van der Waals surface area contributed by atoms with Crippen LogP contribution in [0.15, 0.2) is 30.5 Å². The van der Waals surface area contributed by atoms with Crippen molar-refractivity contribution < 1.29 is 18.0 Å². The third kappa shape index (κ3) is 5.82. The maximum absolute atomic E-state index is 13.5. The van der Waals surface area contributed by atoms with Gasteiger partial charge in [-0.3, -0.25) is 14.4 Å². The third-order valence-electron chi connectivity index (χ3n) is 5.79. The van der Waals surface area contributed by atoms with E-state index in [4.69, 9.17) is 0 Å². The lowest BCUT2D eigenvalue weighted by Crippen LogP contribution is -2.47. The van der Waals surface area contributed by atoms with E-state index in [1.165, 1.54) is 11.3 Å². The van der Waals surface area contributed by atoms with Gasteiger partial charge in [0.25, 0.3) is 5.91 Å². The third-order valence-corrected chi connectivity index (χ3v) is 5.79. The van der Waals surface area contributed by atoms with Crippen LogP contribution in [-0.4, -0.2) is 59.4 Å². The van der Waals surface area contributed by atoms with E-state index in [1.807, 2.05) is 6.92 Å². The molecule has 0 spiro atoms. The largest absolute Gasteiger partial charge is 0.433 e. The molecular formula is C23H32F3N5O. The standard InChI is InChI=1S/C23H32F3N5O/c1-16(2)31-21(23(24,25)26)20(15-27-31)22(32)28-18(4)8-9-29-10-12-30(13-11-29)19-7-5-6-17(3)14-19/h5-7,14-16,18H,8-13H2,1-4H3,(H,28,32). The van der Waals surface area contributed by atoms with Gasteiger partial charge in [0.05, 0.1) is 11.8 Å². The Labute approximate surface area is 187 Å². The van der Waals surface area contributed by atoms with Gasteiger partial charge >= 0.3 is 6.18 Å². The number of hydrogen-bond donors (Lipinski definition) is 1. The van der Waals surface area contributed by atoms with Crippen LogP contribution in [0, 0.1) is 6.92 Å². The molecule has 0 saturated carbocycles. The number of aryl methyl sites for hydroxylation is 1. The summed E-state index contributed by atoms with van der Waals surface area (Å²) in [7, 11) is 0. The topological polar surface area (TPSA) is 53.4 Å². The minimum Gasteiger partial charge on any atom is -0.369 e. The first-order valence-electron chi connectivity index (χ1n) is 11.1. The van der Waals surface area contributed by atoms with E-state index in [-0.39, 0.29) is 6.04 Å².